The van der Waals surface area contributed by atoms with Gasteiger partial charge in [0.2, 0.25) is 0 Å². The number of carbonyl (C=O) groups is 1. The van der Waals surface area contributed by atoms with E-state index >= 15 is 0 Å². The van der Waals surface area contributed by atoms with Gasteiger partial charge in [-0.25, -0.2) is 0 Å². The maximum Gasteiger partial charge on any atom is 0.251 e. The van der Waals surface area contributed by atoms with Crippen LogP contribution in [0.5, 0.6) is 0 Å². The van der Waals surface area contributed by atoms with Gasteiger partial charge in [0, 0.05) is 31.4 Å². The van der Waals surface area contributed by atoms with Crippen molar-refractivity contribution < 1.29 is 4.79 Å². The van der Waals surface area contributed by atoms with Gasteiger partial charge in [0.25, 0.3) is 5.91 Å². The summed E-state index contributed by atoms with van der Waals surface area (Å²) in [5.74, 6) is -0.0738. The van der Waals surface area contributed by atoms with Crippen LogP contribution in [0.15, 0.2) is 24.3 Å². The first-order valence-corrected chi connectivity index (χ1v) is 7.09. The average molecular weight is 286 g/mol. The molecule has 0 bridgehead atoms. The van der Waals surface area contributed by atoms with Gasteiger partial charge in [0.05, 0.1) is 5.69 Å². The van der Waals surface area contributed by atoms with Crippen LogP contribution in [0.25, 0.3) is 0 Å². The van der Waals surface area contributed by atoms with E-state index in [1.54, 1.807) is 6.07 Å². The second kappa shape index (κ2) is 6.54. The topological polar surface area (TPSA) is 72.9 Å². The van der Waals surface area contributed by atoms with Crippen molar-refractivity contribution in [2.24, 2.45) is 12.8 Å². The molecule has 0 radical (unpaired) electrons. The maximum absolute atomic E-state index is 12.2. The maximum atomic E-state index is 12.2. The Hall–Kier alpha value is -2.14. The van der Waals surface area contributed by atoms with Crippen LogP contribution in [0.4, 0.5) is 0 Å². The molecule has 0 aliphatic rings. The highest BCUT2D eigenvalue weighted by Gasteiger charge is 2.12. The molecule has 0 saturated heterocycles. The lowest BCUT2D eigenvalue weighted by Crippen LogP contribution is -2.27. The number of hydrogen-bond donors (Lipinski definition) is 2. The van der Waals surface area contributed by atoms with E-state index in [-0.39, 0.29) is 5.91 Å². The average Bonchev–Trinajstić information content (AvgIpc) is 2.73. The predicted octanol–water partition coefficient (Wildman–Crippen LogP) is 1.47. The van der Waals surface area contributed by atoms with Crippen LogP contribution in [-0.4, -0.2) is 22.2 Å². The smallest absolute Gasteiger partial charge is 0.251 e. The van der Waals surface area contributed by atoms with E-state index in [1.165, 1.54) is 5.56 Å². The third-order valence-electron chi connectivity index (χ3n) is 3.80. The Balaban J connectivity index is 1.99. The van der Waals surface area contributed by atoms with Gasteiger partial charge in [-0.3, -0.25) is 9.48 Å². The van der Waals surface area contributed by atoms with Crippen molar-refractivity contribution in [1.82, 2.24) is 15.1 Å². The third-order valence-corrected chi connectivity index (χ3v) is 3.80. The fourth-order valence-electron chi connectivity index (χ4n) is 2.50. The van der Waals surface area contributed by atoms with Crippen LogP contribution in [0.3, 0.4) is 0 Å². The van der Waals surface area contributed by atoms with Crippen molar-refractivity contribution in [2.75, 3.05) is 6.54 Å². The summed E-state index contributed by atoms with van der Waals surface area (Å²) < 4.78 is 1.87. The van der Waals surface area contributed by atoms with Gasteiger partial charge in [-0.05, 0) is 37.5 Å². The largest absolute Gasteiger partial charge is 0.352 e. The molecule has 2 aromatic rings. The van der Waals surface area contributed by atoms with Crippen LogP contribution in [0, 0.1) is 13.8 Å². The molecular formula is C16H22N4O. The molecule has 5 heteroatoms. The normalized spacial score (nSPS) is 10.7. The summed E-state index contributed by atoms with van der Waals surface area (Å²) in [6.45, 7) is 4.99. The summed E-state index contributed by atoms with van der Waals surface area (Å²) >= 11 is 0. The number of aryl methyl sites for hydroxylation is 2. The molecule has 21 heavy (non-hydrogen) atoms. The molecule has 0 aliphatic carbocycles. The van der Waals surface area contributed by atoms with E-state index < -0.39 is 0 Å². The first-order valence-electron chi connectivity index (χ1n) is 7.09. The number of amides is 1. The third kappa shape index (κ3) is 3.31. The van der Waals surface area contributed by atoms with Gasteiger partial charge in [-0.2, -0.15) is 5.10 Å². The lowest BCUT2D eigenvalue weighted by molar-refractivity contribution is 0.0953. The second-order valence-corrected chi connectivity index (χ2v) is 5.14. The summed E-state index contributed by atoms with van der Waals surface area (Å²) in [5, 5.41) is 7.34. The van der Waals surface area contributed by atoms with E-state index in [4.69, 9.17) is 5.73 Å². The minimum Gasteiger partial charge on any atom is -0.352 e. The summed E-state index contributed by atoms with van der Waals surface area (Å²) in [5.41, 5.74) is 10.5. The summed E-state index contributed by atoms with van der Waals surface area (Å²) in [4.78, 5) is 12.2. The van der Waals surface area contributed by atoms with Crippen LogP contribution in [-0.2, 0) is 20.0 Å². The van der Waals surface area contributed by atoms with E-state index in [2.05, 4.69) is 10.4 Å². The van der Waals surface area contributed by atoms with Gasteiger partial charge in [-0.1, -0.05) is 18.2 Å². The number of rotatable bonds is 5. The zero-order valence-electron chi connectivity index (χ0n) is 12.8. The van der Waals surface area contributed by atoms with Gasteiger partial charge < -0.3 is 11.1 Å². The minimum absolute atomic E-state index is 0.0738. The lowest BCUT2D eigenvalue weighted by atomic mass is 10.1. The molecule has 1 heterocycles. The summed E-state index contributed by atoms with van der Waals surface area (Å²) in [6.07, 6.45) is 0.780. The van der Waals surface area contributed by atoms with Gasteiger partial charge in [0.15, 0.2) is 0 Å². The van der Waals surface area contributed by atoms with E-state index in [0.29, 0.717) is 18.7 Å². The Labute approximate surface area is 125 Å². The SMILES string of the molecule is Cc1nn(C)c(C)c1CCNC(=O)c1ccccc1CN. The van der Waals surface area contributed by atoms with Crippen LogP contribution < -0.4 is 11.1 Å². The molecular weight excluding hydrogens is 264 g/mol. The molecule has 0 unspecified atom stereocenters. The van der Waals surface area contributed by atoms with Crippen molar-refractivity contribution in [1.29, 1.82) is 0 Å². The zero-order valence-corrected chi connectivity index (χ0v) is 12.8. The highest BCUT2D eigenvalue weighted by molar-refractivity contribution is 5.95. The highest BCUT2D eigenvalue weighted by Crippen LogP contribution is 2.12. The Morgan fingerprint density at radius 3 is 2.67 bits per heavy atom. The van der Waals surface area contributed by atoms with Crippen molar-refractivity contribution in [2.45, 2.75) is 26.8 Å². The molecule has 2 rings (SSSR count). The van der Waals surface area contributed by atoms with Crippen molar-refractivity contribution in [3.63, 3.8) is 0 Å². The number of nitrogens with zero attached hydrogens (tertiary/aromatic N) is 2. The predicted molar refractivity (Wildman–Crippen MR) is 83.1 cm³/mol. The molecule has 5 nitrogen and oxygen atoms in total. The number of carbonyl (C=O) groups excluding carboxylic acids is 1. The number of nitrogens with two attached hydrogens (primary N) is 1. The van der Waals surface area contributed by atoms with Gasteiger partial charge >= 0.3 is 0 Å². The minimum atomic E-state index is -0.0738. The Morgan fingerprint density at radius 1 is 1.33 bits per heavy atom. The summed E-state index contributed by atoms with van der Waals surface area (Å²) in [6, 6.07) is 7.42. The number of nitrogens with one attached hydrogen (secondary N) is 1. The van der Waals surface area contributed by atoms with Crippen LogP contribution in [0.2, 0.25) is 0 Å². The van der Waals surface area contributed by atoms with Gasteiger partial charge in [0.1, 0.15) is 0 Å². The van der Waals surface area contributed by atoms with Crippen molar-refractivity contribution in [3.05, 3.63) is 52.3 Å². The highest BCUT2D eigenvalue weighted by atomic mass is 16.1. The van der Waals surface area contributed by atoms with Crippen LogP contribution >= 0.6 is 0 Å². The van der Waals surface area contributed by atoms with Crippen LogP contribution in [0.1, 0.15) is 32.9 Å². The fourth-order valence-corrected chi connectivity index (χ4v) is 2.50. The second-order valence-electron chi connectivity index (χ2n) is 5.14. The van der Waals surface area contributed by atoms with Gasteiger partial charge in [-0.15, -0.1) is 0 Å². The molecule has 0 aliphatic heterocycles. The quantitative estimate of drug-likeness (QED) is 0.874. The fraction of sp³-hybridized carbons (Fsp3) is 0.375. The first kappa shape index (κ1) is 15.3. The molecule has 1 aromatic heterocycles. The molecule has 0 saturated carbocycles. The summed E-state index contributed by atoms with van der Waals surface area (Å²) in [7, 11) is 1.93. The number of hydrogen-bond acceptors (Lipinski definition) is 3. The molecule has 0 atom stereocenters. The van der Waals surface area contributed by atoms with Crippen molar-refractivity contribution in [3.8, 4) is 0 Å². The zero-order chi connectivity index (χ0) is 15.4. The molecule has 0 fully saturated rings. The molecule has 1 aromatic carbocycles. The van der Waals surface area contributed by atoms with Crippen molar-refractivity contribution >= 4 is 5.91 Å². The number of aromatic nitrogens is 2. The Morgan fingerprint density at radius 2 is 2.05 bits per heavy atom. The Kier molecular flexibility index (Phi) is 4.75. The van der Waals surface area contributed by atoms with E-state index in [1.807, 2.05) is 43.8 Å². The number of benzene rings is 1. The molecule has 0 spiro atoms. The Bertz CT molecular complexity index is 646. The molecule has 3 N–H and O–H groups in total. The standard InChI is InChI=1S/C16H22N4O/c1-11-14(12(2)20(3)19-11)8-9-18-16(21)15-7-5-4-6-13(15)10-17/h4-7H,8-10,17H2,1-3H3,(H,18,21). The molecule has 1 amide bonds. The first-order chi connectivity index (χ1) is 10.0. The van der Waals surface area contributed by atoms with E-state index in [0.717, 1.165) is 23.4 Å². The molecule has 112 valence electrons. The van der Waals surface area contributed by atoms with E-state index in [9.17, 15) is 4.79 Å². The lowest BCUT2D eigenvalue weighted by Gasteiger charge is -2.09. The monoisotopic (exact) mass is 286 g/mol.